The summed E-state index contributed by atoms with van der Waals surface area (Å²) in [5, 5.41) is -0.0658. The van der Waals surface area contributed by atoms with E-state index in [1.807, 2.05) is 0 Å². The van der Waals surface area contributed by atoms with Crippen molar-refractivity contribution in [2.75, 3.05) is 12.3 Å². The summed E-state index contributed by atoms with van der Waals surface area (Å²) in [5.41, 5.74) is 7.50. The third-order valence-corrected chi connectivity index (χ3v) is 4.33. The number of carbonyl (C=O) groups is 1. The number of rotatable bonds is 4. The van der Waals surface area contributed by atoms with Crippen LogP contribution >= 0.6 is 11.6 Å². The average Bonchev–Trinajstić information content (AvgIpc) is 2.91. The summed E-state index contributed by atoms with van der Waals surface area (Å²) < 4.78 is 41.3. The number of nitrogen functional groups attached to an aromatic ring is 1. The Labute approximate surface area is 151 Å². The van der Waals surface area contributed by atoms with Crippen molar-refractivity contribution in [3.8, 4) is 5.88 Å². The van der Waals surface area contributed by atoms with Crippen molar-refractivity contribution in [2.24, 2.45) is 0 Å². The molecule has 0 spiro atoms. The molecule has 0 saturated heterocycles. The predicted molar refractivity (Wildman–Crippen MR) is 87.7 cm³/mol. The maximum absolute atomic E-state index is 12.6. The van der Waals surface area contributed by atoms with E-state index in [1.165, 1.54) is 18.5 Å². The van der Waals surface area contributed by atoms with E-state index >= 15 is 0 Å². The minimum Gasteiger partial charge on any atom is -0.467 e. The van der Waals surface area contributed by atoms with Gasteiger partial charge in [-0.15, -0.1) is 0 Å². The molecule has 1 aliphatic rings. The Kier molecular flexibility index (Phi) is 4.66. The lowest BCUT2D eigenvalue weighted by molar-refractivity contribution is -0.154. The highest BCUT2D eigenvalue weighted by Gasteiger charge is 2.33. The maximum atomic E-state index is 12.6. The van der Waals surface area contributed by atoms with E-state index in [1.54, 1.807) is 17.9 Å². The first-order valence-electron chi connectivity index (χ1n) is 7.56. The number of carbonyl (C=O) groups excluding carboxylic acids is 1. The number of nitrogens with two attached hydrogens (primary N) is 1. The van der Waals surface area contributed by atoms with Crippen LogP contribution in [0.1, 0.15) is 34.5 Å². The van der Waals surface area contributed by atoms with Crippen LogP contribution < -0.4 is 10.5 Å². The first-order chi connectivity index (χ1) is 12.2. The zero-order valence-corrected chi connectivity index (χ0v) is 14.3. The van der Waals surface area contributed by atoms with Crippen molar-refractivity contribution < 1.29 is 22.7 Å². The molecule has 0 saturated carbocycles. The number of amides is 1. The van der Waals surface area contributed by atoms with Crippen LogP contribution in [-0.2, 0) is 6.54 Å². The Morgan fingerprint density at radius 3 is 2.77 bits per heavy atom. The highest BCUT2D eigenvalue weighted by Crippen LogP contribution is 2.34. The first-order valence-corrected chi connectivity index (χ1v) is 7.94. The standard InChI is InChI=1S/C16H14ClF3N4O2/c1-8(24-6-11-10(15(24)25)2-3-22-13(11)21)9-4-12(17)14(23-5-9)26-7-16(18,19)20/h2-5,8H,6-7H2,1H3,(H2,21,22). The molecular weight excluding hydrogens is 373 g/mol. The maximum Gasteiger partial charge on any atom is 0.422 e. The van der Waals surface area contributed by atoms with Crippen LogP contribution in [0.3, 0.4) is 0 Å². The zero-order valence-electron chi connectivity index (χ0n) is 13.5. The van der Waals surface area contributed by atoms with Crippen molar-refractivity contribution in [3.63, 3.8) is 0 Å². The fourth-order valence-corrected chi connectivity index (χ4v) is 2.92. The zero-order chi connectivity index (χ0) is 19.1. The molecular formula is C16H14ClF3N4O2. The Hall–Kier alpha value is -2.55. The van der Waals surface area contributed by atoms with Gasteiger partial charge in [-0.1, -0.05) is 11.6 Å². The van der Waals surface area contributed by atoms with Crippen molar-refractivity contribution in [3.05, 3.63) is 46.2 Å². The van der Waals surface area contributed by atoms with Crippen molar-refractivity contribution in [2.45, 2.75) is 25.7 Å². The normalized spacial score (nSPS) is 15.1. The molecule has 0 fully saturated rings. The Morgan fingerprint density at radius 1 is 1.42 bits per heavy atom. The lowest BCUT2D eigenvalue weighted by atomic mass is 10.1. The molecule has 2 aromatic rings. The van der Waals surface area contributed by atoms with Gasteiger partial charge in [0.25, 0.3) is 5.91 Å². The number of anilines is 1. The van der Waals surface area contributed by atoms with Crippen LogP contribution in [0.25, 0.3) is 0 Å². The minimum absolute atomic E-state index is 0.0658. The van der Waals surface area contributed by atoms with Crippen LogP contribution in [0.2, 0.25) is 5.02 Å². The lowest BCUT2D eigenvalue weighted by Crippen LogP contribution is -2.27. The first kappa shape index (κ1) is 18.2. The third kappa shape index (κ3) is 3.52. The molecule has 3 heterocycles. The molecule has 1 unspecified atom stereocenters. The van der Waals surface area contributed by atoms with Gasteiger partial charge in [-0.2, -0.15) is 13.2 Å². The van der Waals surface area contributed by atoms with Crippen molar-refractivity contribution in [1.29, 1.82) is 0 Å². The van der Waals surface area contributed by atoms with Gasteiger partial charge in [-0.05, 0) is 24.6 Å². The van der Waals surface area contributed by atoms with Crippen LogP contribution in [0.15, 0.2) is 24.5 Å². The molecule has 1 amide bonds. The van der Waals surface area contributed by atoms with Gasteiger partial charge in [-0.3, -0.25) is 4.79 Å². The molecule has 10 heteroatoms. The molecule has 0 aliphatic carbocycles. The molecule has 138 valence electrons. The van der Waals surface area contributed by atoms with Gasteiger partial charge in [0.15, 0.2) is 6.61 Å². The van der Waals surface area contributed by atoms with Gasteiger partial charge < -0.3 is 15.4 Å². The number of ether oxygens (including phenoxy) is 1. The Bertz CT molecular complexity index is 860. The van der Waals surface area contributed by atoms with E-state index in [9.17, 15) is 18.0 Å². The monoisotopic (exact) mass is 386 g/mol. The number of hydrogen-bond acceptors (Lipinski definition) is 5. The van der Waals surface area contributed by atoms with E-state index < -0.39 is 18.8 Å². The smallest absolute Gasteiger partial charge is 0.422 e. The number of alkyl halides is 3. The highest BCUT2D eigenvalue weighted by molar-refractivity contribution is 6.31. The predicted octanol–water partition coefficient (Wildman–Crippen LogP) is 3.37. The molecule has 2 N–H and O–H groups in total. The molecule has 3 rings (SSSR count). The summed E-state index contributed by atoms with van der Waals surface area (Å²) in [6.45, 7) is 0.552. The largest absolute Gasteiger partial charge is 0.467 e. The number of halogens is 4. The third-order valence-electron chi connectivity index (χ3n) is 4.06. The molecule has 1 aliphatic heterocycles. The number of aromatic nitrogens is 2. The SMILES string of the molecule is CC(c1cnc(OCC(F)(F)F)c(Cl)c1)N1Cc2c(ccnc2N)C1=O. The number of hydrogen-bond donors (Lipinski definition) is 1. The molecule has 2 aromatic heterocycles. The van der Waals surface area contributed by atoms with Crippen molar-refractivity contribution >= 4 is 23.3 Å². The summed E-state index contributed by atoms with van der Waals surface area (Å²) >= 11 is 5.97. The minimum atomic E-state index is -4.49. The van der Waals surface area contributed by atoms with E-state index in [-0.39, 0.29) is 29.2 Å². The molecule has 0 radical (unpaired) electrons. The second kappa shape index (κ2) is 6.64. The molecule has 0 bridgehead atoms. The van der Waals surface area contributed by atoms with E-state index in [0.29, 0.717) is 16.7 Å². The Morgan fingerprint density at radius 2 is 2.15 bits per heavy atom. The highest BCUT2D eigenvalue weighted by atomic mass is 35.5. The van der Waals surface area contributed by atoms with Gasteiger partial charge in [-0.25, -0.2) is 9.97 Å². The molecule has 6 nitrogen and oxygen atoms in total. The summed E-state index contributed by atoms with van der Waals surface area (Å²) in [4.78, 5) is 21.9. The fourth-order valence-electron chi connectivity index (χ4n) is 2.69. The molecule has 0 aromatic carbocycles. The fraction of sp³-hybridized carbons (Fsp3) is 0.312. The van der Waals surface area contributed by atoms with Crippen LogP contribution in [0.5, 0.6) is 5.88 Å². The van der Waals surface area contributed by atoms with Crippen LogP contribution in [-0.4, -0.2) is 33.6 Å². The summed E-state index contributed by atoms with van der Waals surface area (Å²) in [6.07, 6.45) is -1.69. The molecule has 26 heavy (non-hydrogen) atoms. The topological polar surface area (TPSA) is 81.3 Å². The van der Waals surface area contributed by atoms with Gasteiger partial charge >= 0.3 is 6.18 Å². The van der Waals surface area contributed by atoms with Crippen LogP contribution in [0, 0.1) is 0 Å². The number of pyridine rings is 2. The average molecular weight is 387 g/mol. The summed E-state index contributed by atoms with van der Waals surface area (Å²) in [5.74, 6) is -0.239. The van der Waals surface area contributed by atoms with Gasteiger partial charge in [0.2, 0.25) is 5.88 Å². The van der Waals surface area contributed by atoms with Gasteiger partial charge in [0, 0.05) is 23.5 Å². The van der Waals surface area contributed by atoms with Crippen LogP contribution in [0.4, 0.5) is 19.0 Å². The van der Waals surface area contributed by atoms with Gasteiger partial charge in [0.1, 0.15) is 10.8 Å². The second-order valence-corrected chi connectivity index (χ2v) is 6.20. The lowest BCUT2D eigenvalue weighted by Gasteiger charge is -2.24. The van der Waals surface area contributed by atoms with Crippen molar-refractivity contribution in [1.82, 2.24) is 14.9 Å². The number of fused-ring (bicyclic) bond motifs is 1. The van der Waals surface area contributed by atoms with E-state index in [4.69, 9.17) is 17.3 Å². The number of nitrogens with zero attached hydrogens (tertiary/aromatic N) is 3. The second-order valence-electron chi connectivity index (χ2n) is 5.79. The van der Waals surface area contributed by atoms with E-state index in [0.717, 1.165) is 0 Å². The summed E-state index contributed by atoms with van der Waals surface area (Å²) in [7, 11) is 0. The summed E-state index contributed by atoms with van der Waals surface area (Å²) in [6, 6.07) is 2.61. The molecule has 1 atom stereocenters. The Balaban J connectivity index is 1.79. The van der Waals surface area contributed by atoms with Gasteiger partial charge in [0.05, 0.1) is 12.6 Å². The quantitative estimate of drug-likeness (QED) is 0.871. The van der Waals surface area contributed by atoms with E-state index in [2.05, 4.69) is 14.7 Å².